The van der Waals surface area contributed by atoms with Crippen molar-refractivity contribution in [2.24, 2.45) is 0 Å². The van der Waals surface area contributed by atoms with Gasteiger partial charge in [0.2, 0.25) is 0 Å². The van der Waals surface area contributed by atoms with Gasteiger partial charge in [0.1, 0.15) is 6.54 Å². The summed E-state index contributed by atoms with van der Waals surface area (Å²) in [5.74, 6) is -1.31. The number of carbonyl (C=O) groups is 3. The molecule has 26 heavy (non-hydrogen) atoms. The van der Waals surface area contributed by atoms with Crippen molar-refractivity contribution in [3.8, 4) is 0 Å². The third-order valence-electron chi connectivity index (χ3n) is 3.95. The second-order valence-electron chi connectivity index (χ2n) is 5.63. The minimum atomic E-state index is -0.563. The smallest absolute Gasteiger partial charge is 0.340 e. The molecule has 0 aliphatic rings. The van der Waals surface area contributed by atoms with Crippen LogP contribution >= 0.6 is 0 Å². The highest BCUT2D eigenvalue weighted by Crippen LogP contribution is 2.22. The molecule has 3 rings (SSSR count). The third kappa shape index (κ3) is 3.64. The van der Waals surface area contributed by atoms with Gasteiger partial charge in [-0.15, -0.1) is 0 Å². The first-order valence-electron chi connectivity index (χ1n) is 8.00. The topological polar surface area (TPSA) is 74.6 Å². The molecule has 0 radical (unpaired) electrons. The lowest BCUT2D eigenvalue weighted by Gasteiger charge is -2.06. The quantitative estimate of drug-likeness (QED) is 0.504. The van der Waals surface area contributed by atoms with Crippen LogP contribution in [0.25, 0.3) is 10.9 Å². The summed E-state index contributed by atoms with van der Waals surface area (Å²) in [6.07, 6.45) is 1.55. The van der Waals surface area contributed by atoms with Gasteiger partial charge in [-0.1, -0.05) is 48.5 Å². The monoisotopic (exact) mass is 351 g/mol. The number of benzene rings is 2. The number of ether oxygens (including phenoxy) is 2. The Hall–Kier alpha value is -3.41. The summed E-state index contributed by atoms with van der Waals surface area (Å²) in [4.78, 5) is 36.0. The van der Waals surface area contributed by atoms with Gasteiger partial charge in [0.05, 0.1) is 12.7 Å². The van der Waals surface area contributed by atoms with Crippen molar-refractivity contribution < 1.29 is 23.9 Å². The molecule has 0 aliphatic carbocycles. The minimum Gasteiger partial charge on any atom is -0.465 e. The van der Waals surface area contributed by atoms with Gasteiger partial charge in [0.15, 0.2) is 12.4 Å². The van der Waals surface area contributed by atoms with Crippen LogP contribution in [-0.4, -0.2) is 36.0 Å². The molecule has 1 heterocycles. The van der Waals surface area contributed by atoms with Crippen molar-refractivity contribution in [3.63, 3.8) is 0 Å². The lowest BCUT2D eigenvalue weighted by Crippen LogP contribution is -2.18. The van der Waals surface area contributed by atoms with Gasteiger partial charge < -0.3 is 14.0 Å². The maximum absolute atomic E-state index is 12.1. The van der Waals surface area contributed by atoms with E-state index in [2.05, 4.69) is 0 Å². The highest BCUT2D eigenvalue weighted by atomic mass is 16.5. The van der Waals surface area contributed by atoms with Crippen molar-refractivity contribution in [3.05, 3.63) is 71.9 Å². The van der Waals surface area contributed by atoms with Gasteiger partial charge >= 0.3 is 11.9 Å². The van der Waals surface area contributed by atoms with Crippen molar-refractivity contribution in [2.45, 2.75) is 6.54 Å². The second kappa shape index (κ2) is 7.65. The first kappa shape index (κ1) is 17.4. The third-order valence-corrected chi connectivity index (χ3v) is 3.95. The molecule has 3 aromatic rings. The fraction of sp³-hybridized carbons (Fsp3) is 0.150. The number of fused-ring (bicyclic) bond motifs is 1. The number of hydrogen-bond acceptors (Lipinski definition) is 5. The average Bonchev–Trinajstić information content (AvgIpc) is 3.05. The van der Waals surface area contributed by atoms with Crippen LogP contribution in [0.2, 0.25) is 0 Å². The van der Waals surface area contributed by atoms with Gasteiger partial charge in [0.25, 0.3) is 0 Å². The van der Waals surface area contributed by atoms with Crippen LogP contribution in [0.3, 0.4) is 0 Å². The SMILES string of the molecule is COC(=O)c1cn(CC(=O)OCC(=O)c2ccccc2)c2ccccc12. The van der Waals surface area contributed by atoms with Gasteiger partial charge in [-0.3, -0.25) is 9.59 Å². The molecule has 0 spiro atoms. The number of Topliss-reactive ketones (excluding diaryl/α,β-unsaturated/α-hetero) is 1. The van der Waals surface area contributed by atoms with E-state index in [4.69, 9.17) is 9.47 Å². The van der Waals surface area contributed by atoms with Crippen LogP contribution in [0.1, 0.15) is 20.7 Å². The molecule has 6 heteroatoms. The maximum atomic E-state index is 12.1. The number of carbonyl (C=O) groups excluding carboxylic acids is 3. The molecule has 0 unspecified atom stereocenters. The zero-order valence-corrected chi connectivity index (χ0v) is 14.2. The summed E-state index contributed by atoms with van der Waals surface area (Å²) in [6, 6.07) is 15.8. The number of aromatic nitrogens is 1. The molecule has 0 fully saturated rings. The maximum Gasteiger partial charge on any atom is 0.340 e. The molecule has 0 saturated heterocycles. The molecular formula is C20H17NO5. The van der Waals surface area contributed by atoms with E-state index in [1.807, 2.05) is 6.07 Å². The van der Waals surface area contributed by atoms with E-state index in [-0.39, 0.29) is 18.9 Å². The standard InChI is InChI=1S/C20H17NO5/c1-25-20(24)16-11-21(17-10-6-5-9-15(16)17)12-19(23)26-13-18(22)14-7-3-2-4-8-14/h2-11H,12-13H2,1H3. The molecular weight excluding hydrogens is 334 g/mol. The van der Waals surface area contributed by atoms with Gasteiger partial charge in [0, 0.05) is 22.7 Å². The Morgan fingerprint density at radius 3 is 2.38 bits per heavy atom. The Morgan fingerprint density at radius 1 is 0.962 bits per heavy atom. The lowest BCUT2D eigenvalue weighted by atomic mass is 10.1. The van der Waals surface area contributed by atoms with E-state index in [9.17, 15) is 14.4 Å². The summed E-state index contributed by atoms with van der Waals surface area (Å²) >= 11 is 0. The number of hydrogen-bond donors (Lipinski definition) is 0. The molecule has 0 bridgehead atoms. The Bertz CT molecular complexity index is 959. The van der Waals surface area contributed by atoms with Gasteiger partial charge in [-0.2, -0.15) is 0 Å². The van der Waals surface area contributed by atoms with E-state index in [0.29, 0.717) is 22.0 Å². The van der Waals surface area contributed by atoms with E-state index >= 15 is 0 Å². The van der Waals surface area contributed by atoms with Crippen molar-refractivity contribution >= 4 is 28.6 Å². The number of esters is 2. The molecule has 2 aromatic carbocycles. The molecule has 0 amide bonds. The zero-order valence-electron chi connectivity index (χ0n) is 14.2. The number of rotatable bonds is 6. The Balaban J connectivity index is 1.71. The first-order chi connectivity index (χ1) is 12.6. The largest absolute Gasteiger partial charge is 0.465 e. The van der Waals surface area contributed by atoms with Crippen LogP contribution in [0.5, 0.6) is 0 Å². The molecule has 1 aromatic heterocycles. The molecule has 0 N–H and O–H groups in total. The summed E-state index contributed by atoms with van der Waals surface area (Å²) < 4.78 is 11.5. The Kier molecular flexibility index (Phi) is 5.12. The molecule has 0 atom stereocenters. The highest BCUT2D eigenvalue weighted by molar-refractivity contribution is 6.04. The Labute approximate surface area is 149 Å². The fourth-order valence-corrected chi connectivity index (χ4v) is 2.69. The predicted molar refractivity (Wildman–Crippen MR) is 95.0 cm³/mol. The summed E-state index contributed by atoms with van der Waals surface area (Å²) in [6.45, 7) is -0.439. The van der Waals surface area contributed by atoms with E-state index in [0.717, 1.165) is 0 Å². The van der Waals surface area contributed by atoms with Crippen molar-refractivity contribution in [1.82, 2.24) is 4.57 Å². The van der Waals surface area contributed by atoms with Crippen LogP contribution in [0, 0.1) is 0 Å². The zero-order chi connectivity index (χ0) is 18.5. The second-order valence-corrected chi connectivity index (χ2v) is 5.63. The number of nitrogens with zero attached hydrogens (tertiary/aromatic N) is 1. The first-order valence-corrected chi connectivity index (χ1v) is 8.00. The predicted octanol–water partition coefficient (Wildman–Crippen LogP) is 2.85. The molecule has 0 aliphatic heterocycles. The summed E-state index contributed by atoms with van der Waals surface area (Å²) in [7, 11) is 1.30. The van der Waals surface area contributed by atoms with Crippen molar-refractivity contribution in [1.29, 1.82) is 0 Å². The van der Waals surface area contributed by atoms with Crippen LogP contribution in [0.15, 0.2) is 60.8 Å². The van der Waals surface area contributed by atoms with Crippen LogP contribution < -0.4 is 0 Å². The molecule has 132 valence electrons. The van der Waals surface area contributed by atoms with Crippen LogP contribution in [0.4, 0.5) is 0 Å². The Morgan fingerprint density at radius 2 is 1.65 bits per heavy atom. The average molecular weight is 351 g/mol. The highest BCUT2D eigenvalue weighted by Gasteiger charge is 2.17. The fourth-order valence-electron chi connectivity index (χ4n) is 2.69. The normalized spacial score (nSPS) is 10.5. The van der Waals surface area contributed by atoms with E-state index < -0.39 is 11.9 Å². The number of methoxy groups -OCH3 is 1. The lowest BCUT2D eigenvalue weighted by molar-refractivity contribution is -0.143. The number of para-hydroxylation sites is 1. The van der Waals surface area contributed by atoms with E-state index in [1.54, 1.807) is 59.3 Å². The molecule has 0 saturated carbocycles. The van der Waals surface area contributed by atoms with Crippen molar-refractivity contribution in [2.75, 3.05) is 13.7 Å². The van der Waals surface area contributed by atoms with Crippen LogP contribution in [-0.2, 0) is 20.8 Å². The van der Waals surface area contributed by atoms with Gasteiger partial charge in [-0.05, 0) is 6.07 Å². The summed E-state index contributed by atoms with van der Waals surface area (Å²) in [5.41, 5.74) is 1.56. The molecule has 6 nitrogen and oxygen atoms in total. The number of ketones is 1. The van der Waals surface area contributed by atoms with E-state index in [1.165, 1.54) is 7.11 Å². The minimum absolute atomic E-state index is 0.112. The van der Waals surface area contributed by atoms with Gasteiger partial charge in [-0.25, -0.2) is 4.79 Å². The summed E-state index contributed by atoms with van der Waals surface area (Å²) in [5, 5.41) is 0.688.